The number of alkyl halides is 5. The van der Waals surface area contributed by atoms with Crippen LogP contribution in [0.25, 0.3) is 6.08 Å². The van der Waals surface area contributed by atoms with Crippen molar-refractivity contribution in [2.24, 2.45) is 23.2 Å². The van der Waals surface area contributed by atoms with Crippen LogP contribution in [0.2, 0.25) is 0 Å². The molecule has 5 nitrogen and oxygen atoms in total. The summed E-state index contributed by atoms with van der Waals surface area (Å²) in [6.45, 7) is 24.0. The zero-order valence-corrected chi connectivity index (χ0v) is 28.9. The number of aliphatic hydroxyl groups is 1. The highest BCUT2D eigenvalue weighted by molar-refractivity contribution is 5.93. The number of aromatic nitrogens is 1. The summed E-state index contributed by atoms with van der Waals surface area (Å²) in [5, 5.41) is 7.00. The zero-order chi connectivity index (χ0) is 35.5. The van der Waals surface area contributed by atoms with Gasteiger partial charge in [-0.05, 0) is 86.0 Å². The minimum atomic E-state index is -4.41. The van der Waals surface area contributed by atoms with Gasteiger partial charge in [0, 0.05) is 21.7 Å². The van der Waals surface area contributed by atoms with E-state index in [1.165, 1.54) is 44.2 Å². The molecule has 0 bridgehead atoms. The third kappa shape index (κ3) is 24.0. The Kier molecular flexibility index (Phi) is 25.4. The van der Waals surface area contributed by atoms with E-state index in [9.17, 15) is 26.7 Å². The number of aliphatic hydroxyl groups excluding tert-OH is 1. The first-order valence-corrected chi connectivity index (χ1v) is 14.4. The molecule has 0 amide bonds. The Morgan fingerprint density at radius 2 is 1.49 bits per heavy atom. The van der Waals surface area contributed by atoms with Gasteiger partial charge in [-0.2, -0.15) is 13.2 Å². The number of rotatable bonds is 5. The molecule has 1 heterocycles. The van der Waals surface area contributed by atoms with E-state index in [-0.39, 0.29) is 23.9 Å². The van der Waals surface area contributed by atoms with Crippen LogP contribution >= 0.6 is 0 Å². The highest BCUT2D eigenvalue weighted by Crippen LogP contribution is 2.46. The standard InChI is InChI=1S/C17H24.C9H8F3NO.C4H10.C3H6F2.CH4O.CH2O.H2O.H2/c1-5-14-7-6-8-15(11-14)12-17(3,4)16-9-13(2)10-16;1-5-3-7(9(10,11)12)4-13-8(5)6(2)14;1-4(2)3;1-3(2,4)5;2*1-2;;/h5-8,11,13,16H,1,9-10,12H2,2-4H3;3-4H,1-2H3;4H,1-3H3;1-2H3;2H,1H3;1H2;1H2;1H. The van der Waals surface area contributed by atoms with Gasteiger partial charge in [0.05, 0.1) is 5.56 Å². The predicted molar refractivity (Wildman–Crippen MR) is 178 cm³/mol. The molecule has 1 aliphatic rings. The van der Waals surface area contributed by atoms with E-state index < -0.39 is 17.7 Å². The van der Waals surface area contributed by atoms with Crippen molar-refractivity contribution in [2.75, 3.05) is 7.11 Å². The van der Waals surface area contributed by atoms with E-state index in [4.69, 9.17) is 9.90 Å². The second-order valence-electron chi connectivity index (χ2n) is 12.4. The molecule has 0 spiro atoms. The number of aryl methyl sites for hydroxylation is 1. The summed E-state index contributed by atoms with van der Waals surface area (Å²) in [5.74, 6) is -0.153. The SMILES string of the molecule is C=Cc1cccc(CC(C)(C)C2CC(C)C2)c1.C=O.CC(=O)c1ncc(C(F)(F)F)cc1C.CC(C)(F)F.CC(C)C.CO.O.[HH]. The molecule has 1 aliphatic carbocycles. The number of hydrogen-bond donors (Lipinski definition) is 1. The molecule has 0 saturated heterocycles. The zero-order valence-electron chi connectivity index (χ0n) is 28.9. The Balaban J connectivity index is -0.000000174. The highest BCUT2D eigenvalue weighted by atomic mass is 19.4. The fourth-order valence-electron chi connectivity index (χ4n) is 4.14. The summed E-state index contributed by atoms with van der Waals surface area (Å²) in [7, 11) is 1.00. The number of hydrogen-bond acceptors (Lipinski definition) is 4. The van der Waals surface area contributed by atoms with Crippen LogP contribution in [0.5, 0.6) is 0 Å². The van der Waals surface area contributed by atoms with Crippen LogP contribution < -0.4 is 0 Å². The van der Waals surface area contributed by atoms with Crippen molar-refractivity contribution in [1.82, 2.24) is 4.98 Å². The van der Waals surface area contributed by atoms with Gasteiger partial charge in [-0.3, -0.25) is 9.78 Å². The van der Waals surface area contributed by atoms with Crippen molar-refractivity contribution < 1.29 is 43.6 Å². The first-order chi connectivity index (χ1) is 20.1. The second-order valence-corrected chi connectivity index (χ2v) is 12.4. The molecule has 1 fully saturated rings. The van der Waals surface area contributed by atoms with Gasteiger partial charge in [0.2, 0.25) is 5.92 Å². The quantitative estimate of drug-likeness (QED) is 0.257. The number of carbonyl (C=O) groups is 2. The number of Topliss-reactive ketones (excluding diaryl/α,β-unsaturated/α-hetero) is 1. The smallest absolute Gasteiger partial charge is 0.412 e. The van der Waals surface area contributed by atoms with E-state index in [1.807, 2.05) is 12.9 Å². The van der Waals surface area contributed by atoms with Crippen molar-refractivity contribution in [3.63, 3.8) is 0 Å². The summed E-state index contributed by atoms with van der Waals surface area (Å²) < 4.78 is 58.6. The van der Waals surface area contributed by atoms with Gasteiger partial charge in [0.15, 0.2) is 5.78 Å². The third-order valence-electron chi connectivity index (χ3n) is 6.06. The summed E-state index contributed by atoms with van der Waals surface area (Å²) in [5.41, 5.74) is 2.62. The van der Waals surface area contributed by atoms with Crippen LogP contribution in [0.15, 0.2) is 43.1 Å². The summed E-state index contributed by atoms with van der Waals surface area (Å²) in [6.07, 6.45) is 2.20. The van der Waals surface area contributed by atoms with Crippen LogP contribution in [0, 0.1) is 30.1 Å². The summed E-state index contributed by atoms with van der Waals surface area (Å²) in [6, 6.07) is 9.71. The second kappa shape index (κ2) is 23.4. The lowest BCUT2D eigenvalue weighted by molar-refractivity contribution is -0.137. The topological polar surface area (TPSA) is 98.8 Å². The van der Waals surface area contributed by atoms with E-state index in [1.54, 1.807) is 0 Å². The van der Waals surface area contributed by atoms with E-state index in [0.29, 0.717) is 11.6 Å². The van der Waals surface area contributed by atoms with Gasteiger partial charge in [0.25, 0.3) is 0 Å². The molecule has 1 aromatic heterocycles. The van der Waals surface area contributed by atoms with Crippen LogP contribution in [0.4, 0.5) is 22.0 Å². The maximum Gasteiger partial charge on any atom is 0.417 e. The molecule has 0 radical (unpaired) electrons. The fraction of sp³-hybridized carbons (Fsp3) is 0.571. The molecule has 45 heavy (non-hydrogen) atoms. The molecular weight excluding hydrogens is 593 g/mol. The predicted octanol–water partition coefficient (Wildman–Crippen LogP) is 9.72. The maximum atomic E-state index is 12.2. The molecule has 3 N–H and O–H groups in total. The fourth-order valence-corrected chi connectivity index (χ4v) is 4.14. The van der Waals surface area contributed by atoms with Crippen LogP contribution in [-0.2, 0) is 17.4 Å². The average Bonchev–Trinajstić information content (AvgIpc) is 2.87. The number of pyridine rings is 1. The van der Waals surface area contributed by atoms with Crippen molar-refractivity contribution in [1.29, 1.82) is 0 Å². The summed E-state index contributed by atoms with van der Waals surface area (Å²) >= 11 is 0. The molecule has 1 saturated carbocycles. The molecule has 0 unspecified atom stereocenters. The van der Waals surface area contributed by atoms with Gasteiger partial charge in [-0.15, -0.1) is 0 Å². The largest absolute Gasteiger partial charge is 0.417 e. The van der Waals surface area contributed by atoms with Gasteiger partial charge in [0.1, 0.15) is 12.5 Å². The van der Waals surface area contributed by atoms with Gasteiger partial charge >= 0.3 is 6.18 Å². The number of benzene rings is 1. The number of carbonyl (C=O) groups excluding carboxylic acids is 2. The molecule has 0 atom stereocenters. The minimum Gasteiger partial charge on any atom is -0.412 e. The van der Waals surface area contributed by atoms with Gasteiger partial charge < -0.3 is 15.4 Å². The van der Waals surface area contributed by atoms with Gasteiger partial charge in [-0.1, -0.05) is 78.5 Å². The normalized spacial score (nSPS) is 15.1. The molecule has 1 aromatic carbocycles. The Bertz CT molecular complexity index is 1090. The Hall–Kier alpha value is -2.98. The Morgan fingerprint density at radius 3 is 1.82 bits per heavy atom. The molecule has 262 valence electrons. The molecular formula is C35H58F5NO4. The molecule has 3 rings (SSSR count). The Morgan fingerprint density at radius 1 is 1.04 bits per heavy atom. The number of halogens is 5. The van der Waals surface area contributed by atoms with Crippen molar-refractivity contribution in [3.8, 4) is 0 Å². The minimum absolute atomic E-state index is 0. The van der Waals surface area contributed by atoms with E-state index in [2.05, 4.69) is 77.4 Å². The monoisotopic (exact) mass is 651 g/mol. The lowest BCUT2D eigenvalue weighted by Gasteiger charge is -2.44. The molecule has 2 aromatic rings. The van der Waals surface area contributed by atoms with E-state index >= 15 is 0 Å². The molecule has 10 heteroatoms. The van der Waals surface area contributed by atoms with Crippen LogP contribution in [0.1, 0.15) is 109 Å². The lowest BCUT2D eigenvalue weighted by atomic mass is 9.61. The highest BCUT2D eigenvalue weighted by Gasteiger charge is 2.37. The van der Waals surface area contributed by atoms with Crippen molar-refractivity contribution in [3.05, 3.63) is 71.1 Å². The lowest BCUT2D eigenvalue weighted by Crippen LogP contribution is -2.36. The third-order valence-corrected chi connectivity index (χ3v) is 6.06. The van der Waals surface area contributed by atoms with E-state index in [0.717, 1.165) is 44.8 Å². The number of ketones is 1. The first-order valence-electron chi connectivity index (χ1n) is 14.4. The van der Waals surface area contributed by atoms with Crippen molar-refractivity contribution in [2.45, 2.75) is 101 Å². The molecule has 0 aliphatic heterocycles. The maximum absolute atomic E-state index is 12.2. The van der Waals surface area contributed by atoms with Gasteiger partial charge in [-0.25, -0.2) is 8.78 Å². The Labute approximate surface area is 269 Å². The first kappa shape index (κ1) is 48.9. The van der Waals surface area contributed by atoms with Crippen molar-refractivity contribution >= 4 is 18.6 Å². The van der Waals surface area contributed by atoms with Crippen LogP contribution in [-0.4, -0.2) is 41.2 Å². The average molecular weight is 652 g/mol. The van der Waals surface area contributed by atoms with Crippen LogP contribution in [0.3, 0.4) is 0 Å². The summed E-state index contributed by atoms with van der Waals surface area (Å²) in [4.78, 5) is 22.4. The number of nitrogens with zero attached hydrogens (tertiary/aromatic N) is 1.